The van der Waals surface area contributed by atoms with E-state index < -0.39 is 0 Å². The Morgan fingerprint density at radius 3 is 1.18 bits per heavy atom. The highest BCUT2D eigenvalue weighted by Gasteiger charge is 2.22. The van der Waals surface area contributed by atoms with Crippen molar-refractivity contribution < 1.29 is 0 Å². The van der Waals surface area contributed by atoms with E-state index in [1.165, 1.54) is 21.9 Å². The Bertz CT molecular complexity index is 2510. The van der Waals surface area contributed by atoms with Gasteiger partial charge >= 0.3 is 0 Å². The summed E-state index contributed by atoms with van der Waals surface area (Å²) in [5, 5.41) is 4.83. The standard InChI is InChI=1S/C46H42N4/c1-9-29-11-15-39-35(23-29)36-24-30(10-2)12-16-40(36)49(39)43-25-31(19-21-47-43)32-20-22-48-44(26-32)50-41-17-13-33(45(3,4)5)27-37(41)38-28-34(46(6,7)8)14-18-42(38)50/h9-28H,1-2H2,3-8H3. The van der Waals surface area contributed by atoms with Gasteiger partial charge in [-0.2, -0.15) is 0 Å². The minimum Gasteiger partial charge on any atom is -0.294 e. The first-order valence-corrected chi connectivity index (χ1v) is 17.3. The Balaban J connectivity index is 1.30. The monoisotopic (exact) mass is 650 g/mol. The van der Waals surface area contributed by atoms with E-state index in [4.69, 9.17) is 9.97 Å². The maximum atomic E-state index is 4.96. The lowest BCUT2D eigenvalue weighted by Crippen LogP contribution is -2.10. The third-order valence-electron chi connectivity index (χ3n) is 10.1. The summed E-state index contributed by atoms with van der Waals surface area (Å²) < 4.78 is 4.57. The highest BCUT2D eigenvalue weighted by Crippen LogP contribution is 2.38. The third kappa shape index (κ3) is 5.14. The van der Waals surface area contributed by atoms with Gasteiger partial charge in [0.15, 0.2) is 0 Å². The zero-order valence-electron chi connectivity index (χ0n) is 29.8. The molecular formula is C46H42N4. The van der Waals surface area contributed by atoms with Gasteiger partial charge in [0.1, 0.15) is 11.6 Å². The normalized spacial score (nSPS) is 12.4. The fourth-order valence-corrected chi connectivity index (χ4v) is 7.20. The molecule has 0 aliphatic rings. The van der Waals surface area contributed by atoms with Gasteiger partial charge < -0.3 is 0 Å². The maximum Gasteiger partial charge on any atom is 0.138 e. The molecule has 4 aromatic heterocycles. The van der Waals surface area contributed by atoms with Crippen LogP contribution in [-0.2, 0) is 10.8 Å². The molecule has 0 spiro atoms. The number of benzene rings is 4. The Hall–Kier alpha value is -5.74. The predicted molar refractivity (Wildman–Crippen MR) is 214 cm³/mol. The maximum absolute atomic E-state index is 4.96. The smallest absolute Gasteiger partial charge is 0.138 e. The first-order valence-electron chi connectivity index (χ1n) is 17.3. The minimum atomic E-state index is 0.0414. The zero-order chi connectivity index (χ0) is 34.9. The second-order valence-electron chi connectivity index (χ2n) is 15.4. The van der Waals surface area contributed by atoms with Gasteiger partial charge in [-0.3, -0.25) is 9.13 Å². The van der Waals surface area contributed by atoms with Crippen molar-refractivity contribution in [1.29, 1.82) is 0 Å². The van der Waals surface area contributed by atoms with Crippen molar-refractivity contribution in [2.75, 3.05) is 0 Å². The number of hydrogen-bond acceptors (Lipinski definition) is 2. The van der Waals surface area contributed by atoms with E-state index in [0.717, 1.165) is 66.7 Å². The molecule has 8 rings (SSSR count). The van der Waals surface area contributed by atoms with E-state index in [2.05, 4.69) is 161 Å². The lowest BCUT2D eigenvalue weighted by molar-refractivity contribution is 0.590. The summed E-state index contributed by atoms with van der Waals surface area (Å²) in [5.74, 6) is 1.75. The van der Waals surface area contributed by atoms with Crippen LogP contribution in [0.15, 0.2) is 123 Å². The van der Waals surface area contributed by atoms with Gasteiger partial charge in [-0.15, -0.1) is 0 Å². The highest BCUT2D eigenvalue weighted by atomic mass is 15.1. The first-order chi connectivity index (χ1) is 23.9. The Labute approximate surface area is 294 Å². The largest absolute Gasteiger partial charge is 0.294 e. The van der Waals surface area contributed by atoms with E-state index in [9.17, 15) is 0 Å². The van der Waals surface area contributed by atoms with Crippen LogP contribution < -0.4 is 0 Å². The van der Waals surface area contributed by atoms with Crippen molar-refractivity contribution in [3.63, 3.8) is 0 Å². The lowest BCUT2D eigenvalue weighted by atomic mass is 9.85. The molecule has 50 heavy (non-hydrogen) atoms. The second kappa shape index (κ2) is 11.4. The minimum absolute atomic E-state index is 0.0414. The van der Waals surface area contributed by atoms with Gasteiger partial charge in [0.25, 0.3) is 0 Å². The molecule has 0 fully saturated rings. The van der Waals surface area contributed by atoms with Gasteiger partial charge in [-0.1, -0.05) is 91.1 Å². The van der Waals surface area contributed by atoms with Crippen molar-refractivity contribution >= 4 is 55.8 Å². The fourth-order valence-electron chi connectivity index (χ4n) is 7.20. The summed E-state index contributed by atoms with van der Waals surface area (Å²) in [4.78, 5) is 9.87. The van der Waals surface area contributed by atoms with Crippen LogP contribution in [0.1, 0.15) is 63.8 Å². The van der Waals surface area contributed by atoms with E-state index in [1.54, 1.807) is 0 Å². The molecule has 4 aromatic carbocycles. The summed E-state index contributed by atoms with van der Waals surface area (Å²) in [6.45, 7) is 21.7. The molecule has 0 unspecified atom stereocenters. The van der Waals surface area contributed by atoms with E-state index in [0.29, 0.717) is 0 Å². The quantitative estimate of drug-likeness (QED) is 0.186. The van der Waals surface area contributed by atoms with E-state index >= 15 is 0 Å². The first kappa shape index (κ1) is 31.5. The molecule has 0 aliphatic carbocycles. The summed E-state index contributed by atoms with van der Waals surface area (Å²) in [7, 11) is 0. The SMILES string of the molecule is C=Cc1ccc2c(c1)c1cc(C=C)ccc1n2-c1cc(-c2ccnc(-n3c4ccc(C(C)(C)C)cc4c4cc(C(C)(C)C)ccc43)c2)ccn1. The van der Waals surface area contributed by atoms with E-state index in [-0.39, 0.29) is 10.8 Å². The van der Waals surface area contributed by atoms with E-state index in [1.807, 2.05) is 24.5 Å². The second-order valence-corrected chi connectivity index (χ2v) is 15.4. The fraction of sp³-hybridized carbons (Fsp3) is 0.174. The number of aromatic nitrogens is 4. The summed E-state index contributed by atoms with van der Waals surface area (Å²) >= 11 is 0. The molecule has 246 valence electrons. The molecule has 0 N–H and O–H groups in total. The van der Waals surface area contributed by atoms with Crippen LogP contribution in [0.2, 0.25) is 0 Å². The van der Waals surface area contributed by atoms with Crippen molar-refractivity contribution in [3.8, 4) is 22.8 Å². The van der Waals surface area contributed by atoms with Crippen LogP contribution in [0, 0.1) is 0 Å². The molecule has 8 aromatic rings. The predicted octanol–water partition coefficient (Wildman–Crippen LogP) is 12.2. The molecule has 0 bridgehead atoms. The Morgan fingerprint density at radius 2 is 0.820 bits per heavy atom. The molecule has 4 heterocycles. The molecule has 4 nitrogen and oxygen atoms in total. The van der Waals surface area contributed by atoms with Crippen molar-refractivity contribution in [2.45, 2.75) is 52.4 Å². The number of pyridine rings is 2. The molecule has 0 atom stereocenters. The zero-order valence-corrected chi connectivity index (χ0v) is 29.8. The Kier molecular flexibility index (Phi) is 7.20. The van der Waals surface area contributed by atoms with Crippen LogP contribution in [0.3, 0.4) is 0 Å². The molecule has 0 radical (unpaired) electrons. The number of hydrogen-bond donors (Lipinski definition) is 0. The Morgan fingerprint density at radius 1 is 0.460 bits per heavy atom. The molecular weight excluding hydrogens is 609 g/mol. The van der Waals surface area contributed by atoms with Crippen molar-refractivity contribution in [2.24, 2.45) is 0 Å². The van der Waals surface area contributed by atoms with Gasteiger partial charge in [-0.25, -0.2) is 9.97 Å². The van der Waals surface area contributed by atoms with Gasteiger partial charge in [0.05, 0.1) is 22.1 Å². The van der Waals surface area contributed by atoms with Crippen molar-refractivity contribution in [3.05, 3.63) is 145 Å². The van der Waals surface area contributed by atoms with Crippen LogP contribution >= 0.6 is 0 Å². The molecule has 0 saturated heterocycles. The van der Waals surface area contributed by atoms with Crippen LogP contribution in [0.4, 0.5) is 0 Å². The topological polar surface area (TPSA) is 35.6 Å². The number of fused-ring (bicyclic) bond motifs is 6. The molecule has 0 saturated carbocycles. The van der Waals surface area contributed by atoms with Gasteiger partial charge in [0, 0.05) is 33.9 Å². The molecule has 0 aliphatic heterocycles. The average Bonchev–Trinajstić information content (AvgIpc) is 3.62. The number of nitrogens with zero attached hydrogens (tertiary/aromatic N) is 4. The average molecular weight is 651 g/mol. The van der Waals surface area contributed by atoms with Gasteiger partial charge in [-0.05, 0) is 117 Å². The summed E-state index contributed by atoms with van der Waals surface area (Å²) in [5.41, 5.74) is 11.6. The van der Waals surface area contributed by atoms with Crippen molar-refractivity contribution in [1.82, 2.24) is 19.1 Å². The lowest BCUT2D eigenvalue weighted by Gasteiger charge is -2.19. The van der Waals surface area contributed by atoms with Crippen LogP contribution in [0.5, 0.6) is 0 Å². The molecule has 4 heteroatoms. The van der Waals surface area contributed by atoms with Gasteiger partial charge in [0.2, 0.25) is 0 Å². The molecule has 0 amide bonds. The third-order valence-corrected chi connectivity index (χ3v) is 10.1. The highest BCUT2D eigenvalue weighted by molar-refractivity contribution is 6.11. The summed E-state index contributed by atoms with van der Waals surface area (Å²) in [6, 6.07) is 35.3. The number of rotatable bonds is 5. The summed E-state index contributed by atoms with van der Waals surface area (Å²) in [6.07, 6.45) is 7.61. The van der Waals surface area contributed by atoms with Crippen LogP contribution in [-0.4, -0.2) is 19.1 Å². The van der Waals surface area contributed by atoms with Crippen LogP contribution in [0.25, 0.3) is 78.5 Å².